The van der Waals surface area contributed by atoms with Crippen molar-refractivity contribution in [1.82, 2.24) is 0 Å². The first-order valence-corrected chi connectivity index (χ1v) is 5.93. The highest BCUT2D eigenvalue weighted by atomic mass is 14.4. The van der Waals surface area contributed by atoms with E-state index in [0.717, 1.165) is 5.92 Å². The molecule has 0 spiro atoms. The third-order valence-corrected chi connectivity index (χ3v) is 4.57. The second kappa shape index (κ2) is 3.03. The van der Waals surface area contributed by atoms with Crippen molar-refractivity contribution >= 4 is 7.28 Å². The van der Waals surface area contributed by atoms with Crippen molar-refractivity contribution in [3.63, 3.8) is 0 Å². The Bertz CT molecular complexity index is 185. The molecule has 1 heteroatoms. The summed E-state index contributed by atoms with van der Waals surface area (Å²) in [6.07, 6.45) is 8.74. The standard InChI is InChI=1S/C12H22B/c1-10(2)12-8-4-6-11(3,13-12)7-5-9-12/h10H,4-9H2,1-3H3. The molecule has 2 fully saturated rings. The van der Waals surface area contributed by atoms with E-state index >= 15 is 0 Å². The van der Waals surface area contributed by atoms with E-state index in [1.165, 1.54) is 38.5 Å². The lowest BCUT2D eigenvalue weighted by atomic mass is 9.28. The summed E-state index contributed by atoms with van der Waals surface area (Å²) in [6.45, 7) is 7.30. The van der Waals surface area contributed by atoms with Crippen molar-refractivity contribution in [2.24, 2.45) is 5.92 Å². The van der Waals surface area contributed by atoms with Crippen LogP contribution in [0.15, 0.2) is 0 Å². The summed E-state index contributed by atoms with van der Waals surface area (Å²) in [5.41, 5.74) is 0. The molecule has 0 aliphatic carbocycles. The molecule has 0 amide bonds. The van der Waals surface area contributed by atoms with Gasteiger partial charge >= 0.3 is 0 Å². The monoisotopic (exact) mass is 177 g/mol. The first-order valence-electron chi connectivity index (χ1n) is 5.93. The van der Waals surface area contributed by atoms with Crippen LogP contribution in [0.2, 0.25) is 10.6 Å². The number of hydrogen-bond donors (Lipinski definition) is 0. The molecule has 0 atom stereocenters. The average molecular weight is 177 g/mol. The molecule has 0 saturated carbocycles. The maximum Gasteiger partial charge on any atom is 0.126 e. The average Bonchev–Trinajstić information content (AvgIpc) is 2.02. The Kier molecular flexibility index (Phi) is 2.24. The predicted molar refractivity (Wildman–Crippen MR) is 59.4 cm³/mol. The molecule has 0 aromatic carbocycles. The normalized spacial score (nSPS) is 44.6. The Morgan fingerprint density at radius 3 is 1.92 bits per heavy atom. The van der Waals surface area contributed by atoms with Crippen molar-refractivity contribution in [1.29, 1.82) is 0 Å². The molecule has 2 heterocycles. The second-order valence-electron chi connectivity index (χ2n) is 5.89. The van der Waals surface area contributed by atoms with E-state index in [1.807, 2.05) is 0 Å². The van der Waals surface area contributed by atoms with Crippen LogP contribution >= 0.6 is 0 Å². The molecule has 0 unspecified atom stereocenters. The summed E-state index contributed by atoms with van der Waals surface area (Å²) >= 11 is 0. The second-order valence-corrected chi connectivity index (χ2v) is 5.89. The van der Waals surface area contributed by atoms with Crippen molar-refractivity contribution in [2.75, 3.05) is 0 Å². The molecule has 0 N–H and O–H groups in total. The molecule has 1 radical (unpaired) electrons. The highest BCUT2D eigenvalue weighted by molar-refractivity contribution is 6.45. The lowest BCUT2D eigenvalue weighted by Gasteiger charge is -2.52. The van der Waals surface area contributed by atoms with Gasteiger partial charge in [0.15, 0.2) is 0 Å². The van der Waals surface area contributed by atoms with E-state index in [2.05, 4.69) is 28.1 Å². The number of rotatable bonds is 1. The van der Waals surface area contributed by atoms with Crippen molar-refractivity contribution in [2.45, 2.75) is 69.9 Å². The van der Waals surface area contributed by atoms with Gasteiger partial charge in [0.2, 0.25) is 0 Å². The van der Waals surface area contributed by atoms with Gasteiger partial charge in [-0.15, -0.1) is 0 Å². The van der Waals surface area contributed by atoms with E-state index in [4.69, 9.17) is 0 Å². The Labute approximate surface area is 83.7 Å². The predicted octanol–water partition coefficient (Wildman–Crippen LogP) is 4.05. The molecule has 13 heavy (non-hydrogen) atoms. The summed E-state index contributed by atoms with van der Waals surface area (Å²) in [4.78, 5) is 0. The van der Waals surface area contributed by atoms with Crippen LogP contribution in [0.3, 0.4) is 0 Å². The van der Waals surface area contributed by atoms with Gasteiger partial charge in [0.25, 0.3) is 0 Å². The summed E-state index contributed by atoms with van der Waals surface area (Å²) in [5, 5.41) is 1.21. The van der Waals surface area contributed by atoms with Crippen LogP contribution in [0, 0.1) is 5.92 Å². The van der Waals surface area contributed by atoms with Gasteiger partial charge < -0.3 is 0 Å². The minimum absolute atomic E-state index is 0.598. The Balaban J connectivity index is 2.20. The molecule has 2 saturated heterocycles. The van der Waals surface area contributed by atoms with Gasteiger partial charge in [-0.25, -0.2) is 0 Å². The maximum absolute atomic E-state index is 2.73. The van der Waals surface area contributed by atoms with Gasteiger partial charge in [0, 0.05) is 0 Å². The molecule has 2 aliphatic heterocycles. The number of hydrogen-bond acceptors (Lipinski definition) is 0. The molecular weight excluding hydrogens is 155 g/mol. The minimum atomic E-state index is 0.598. The fourth-order valence-corrected chi connectivity index (χ4v) is 3.62. The number of fused-ring (bicyclic) bond motifs is 2. The van der Waals surface area contributed by atoms with Gasteiger partial charge in [-0.2, -0.15) is 0 Å². The third kappa shape index (κ3) is 1.55. The largest absolute Gasteiger partial charge is 0.126 e. The lowest BCUT2D eigenvalue weighted by molar-refractivity contribution is 0.245. The molecule has 0 nitrogen and oxygen atoms in total. The molecular formula is C12H22B. The van der Waals surface area contributed by atoms with E-state index < -0.39 is 0 Å². The van der Waals surface area contributed by atoms with Crippen LogP contribution in [-0.2, 0) is 0 Å². The summed E-state index contributed by atoms with van der Waals surface area (Å²) in [7, 11) is 2.73. The van der Waals surface area contributed by atoms with Gasteiger partial charge in [-0.3, -0.25) is 0 Å². The van der Waals surface area contributed by atoms with Crippen LogP contribution in [-0.4, -0.2) is 7.28 Å². The van der Waals surface area contributed by atoms with Crippen LogP contribution in [0.4, 0.5) is 0 Å². The zero-order valence-corrected chi connectivity index (χ0v) is 9.40. The van der Waals surface area contributed by atoms with E-state index in [9.17, 15) is 0 Å². The minimum Gasteiger partial charge on any atom is -0.0669 e. The Hall–Kier alpha value is 0.0649. The van der Waals surface area contributed by atoms with Crippen molar-refractivity contribution < 1.29 is 0 Å². The molecule has 2 rings (SSSR count). The fraction of sp³-hybridized carbons (Fsp3) is 1.00. The highest BCUT2D eigenvalue weighted by Crippen LogP contribution is 2.61. The van der Waals surface area contributed by atoms with Gasteiger partial charge in [0.1, 0.15) is 7.28 Å². The van der Waals surface area contributed by atoms with E-state index in [-0.39, 0.29) is 0 Å². The molecule has 2 aliphatic rings. The summed E-state index contributed by atoms with van der Waals surface area (Å²) in [6, 6.07) is 0. The zero-order valence-electron chi connectivity index (χ0n) is 9.40. The smallest absolute Gasteiger partial charge is 0.0669 e. The zero-order chi connectivity index (χ0) is 9.53. The lowest BCUT2D eigenvalue weighted by Crippen LogP contribution is -2.41. The topological polar surface area (TPSA) is 0 Å². The maximum atomic E-state index is 2.73. The Morgan fingerprint density at radius 1 is 1.00 bits per heavy atom. The van der Waals surface area contributed by atoms with Gasteiger partial charge in [-0.1, -0.05) is 69.9 Å². The third-order valence-electron chi connectivity index (χ3n) is 4.57. The summed E-state index contributed by atoms with van der Waals surface area (Å²) < 4.78 is 0. The quantitative estimate of drug-likeness (QED) is 0.530. The van der Waals surface area contributed by atoms with Crippen molar-refractivity contribution in [3.05, 3.63) is 0 Å². The Morgan fingerprint density at radius 2 is 1.54 bits per heavy atom. The van der Waals surface area contributed by atoms with Crippen LogP contribution < -0.4 is 0 Å². The molecule has 2 bridgehead atoms. The fourth-order valence-electron chi connectivity index (χ4n) is 3.62. The van der Waals surface area contributed by atoms with E-state index in [0.29, 0.717) is 10.6 Å². The SMILES string of the molecule is CC(C)C12[B]C(C)(CCC1)CCC2. The highest BCUT2D eigenvalue weighted by Gasteiger charge is 2.47. The van der Waals surface area contributed by atoms with Crippen LogP contribution in [0.5, 0.6) is 0 Å². The first-order chi connectivity index (χ1) is 6.06. The van der Waals surface area contributed by atoms with Crippen molar-refractivity contribution in [3.8, 4) is 0 Å². The molecule has 0 aromatic rings. The summed E-state index contributed by atoms with van der Waals surface area (Å²) in [5.74, 6) is 0.854. The van der Waals surface area contributed by atoms with Crippen LogP contribution in [0.25, 0.3) is 0 Å². The van der Waals surface area contributed by atoms with Gasteiger partial charge in [-0.05, 0) is 5.92 Å². The van der Waals surface area contributed by atoms with Gasteiger partial charge in [0.05, 0.1) is 0 Å². The molecule has 73 valence electrons. The van der Waals surface area contributed by atoms with E-state index in [1.54, 1.807) is 0 Å². The van der Waals surface area contributed by atoms with Crippen LogP contribution in [0.1, 0.15) is 59.3 Å². The molecule has 0 aromatic heterocycles. The first kappa shape index (κ1) is 9.61.